The van der Waals surface area contributed by atoms with E-state index in [-0.39, 0.29) is 43.4 Å². The third kappa shape index (κ3) is 4.17. The summed E-state index contributed by atoms with van der Waals surface area (Å²) in [6.07, 6.45) is -0.940. The normalized spacial score (nSPS) is 12.3. The molecule has 0 unspecified atom stereocenters. The van der Waals surface area contributed by atoms with Crippen molar-refractivity contribution in [1.29, 1.82) is 0 Å². The van der Waals surface area contributed by atoms with Gasteiger partial charge in [-0.1, -0.05) is 17.7 Å². The minimum absolute atomic E-state index is 0.00819. The first-order chi connectivity index (χ1) is 13.8. The van der Waals surface area contributed by atoms with Crippen molar-refractivity contribution in [2.75, 3.05) is 25.1 Å². The zero-order valence-corrected chi connectivity index (χ0v) is 16.6. The van der Waals surface area contributed by atoms with E-state index in [2.05, 4.69) is 10.3 Å². The Bertz CT molecular complexity index is 1110. The van der Waals surface area contributed by atoms with Crippen molar-refractivity contribution in [3.63, 3.8) is 0 Å². The number of hydrogen-bond donors (Lipinski definition) is 3. The molecular weight excluding hydrogens is 378 g/mol. The van der Waals surface area contributed by atoms with Gasteiger partial charge in [0.1, 0.15) is 18.5 Å². The van der Waals surface area contributed by atoms with Crippen LogP contribution in [0.2, 0.25) is 0 Å². The SMILES string of the molecule is Cc1ccc(OC[C@@H](O)Cn2c(NCCO)nc3c2c(=O)n(C)c(=O)n3C)cc1. The molecule has 0 spiro atoms. The highest BCUT2D eigenvalue weighted by Gasteiger charge is 2.21. The van der Waals surface area contributed by atoms with Gasteiger partial charge in [-0.25, -0.2) is 4.79 Å². The highest BCUT2D eigenvalue weighted by molar-refractivity contribution is 5.74. The number of imidazole rings is 1. The van der Waals surface area contributed by atoms with E-state index in [0.717, 1.165) is 10.1 Å². The van der Waals surface area contributed by atoms with Crippen LogP contribution in [0.15, 0.2) is 33.9 Å². The van der Waals surface area contributed by atoms with E-state index in [0.29, 0.717) is 5.75 Å². The summed E-state index contributed by atoms with van der Waals surface area (Å²) >= 11 is 0. The molecule has 0 amide bonds. The molecule has 0 aliphatic heterocycles. The first kappa shape index (κ1) is 20.6. The molecule has 10 heteroatoms. The molecule has 3 N–H and O–H groups in total. The summed E-state index contributed by atoms with van der Waals surface area (Å²) in [6, 6.07) is 7.45. The minimum atomic E-state index is -0.940. The lowest BCUT2D eigenvalue weighted by Crippen LogP contribution is -2.38. The Hall–Kier alpha value is -3.11. The van der Waals surface area contributed by atoms with Gasteiger partial charge in [0.25, 0.3) is 5.56 Å². The molecule has 10 nitrogen and oxygen atoms in total. The number of nitrogens with zero attached hydrogens (tertiary/aromatic N) is 4. The fraction of sp³-hybridized carbons (Fsp3) is 0.421. The lowest BCUT2D eigenvalue weighted by molar-refractivity contribution is 0.0938. The van der Waals surface area contributed by atoms with Gasteiger partial charge >= 0.3 is 5.69 Å². The van der Waals surface area contributed by atoms with Crippen molar-refractivity contribution in [2.45, 2.75) is 19.6 Å². The molecule has 0 aliphatic carbocycles. The van der Waals surface area contributed by atoms with E-state index in [4.69, 9.17) is 9.84 Å². The molecule has 29 heavy (non-hydrogen) atoms. The number of benzene rings is 1. The Labute approximate surface area is 166 Å². The van der Waals surface area contributed by atoms with E-state index in [1.54, 1.807) is 0 Å². The van der Waals surface area contributed by atoms with Crippen LogP contribution < -0.4 is 21.3 Å². The average Bonchev–Trinajstić information content (AvgIpc) is 3.07. The van der Waals surface area contributed by atoms with Crippen LogP contribution in [-0.4, -0.2) is 54.8 Å². The number of aliphatic hydroxyl groups excluding tert-OH is 2. The zero-order valence-electron chi connectivity index (χ0n) is 16.6. The number of nitrogens with one attached hydrogen (secondary N) is 1. The van der Waals surface area contributed by atoms with Crippen LogP contribution in [0, 0.1) is 6.92 Å². The molecule has 3 rings (SSSR count). The second-order valence-corrected chi connectivity index (χ2v) is 6.85. The molecule has 1 aromatic carbocycles. The topological polar surface area (TPSA) is 124 Å². The summed E-state index contributed by atoms with van der Waals surface area (Å²) in [5, 5.41) is 22.5. The Morgan fingerprint density at radius 3 is 2.52 bits per heavy atom. The van der Waals surface area contributed by atoms with Crippen LogP contribution in [0.1, 0.15) is 5.56 Å². The van der Waals surface area contributed by atoms with Gasteiger partial charge < -0.3 is 24.8 Å². The van der Waals surface area contributed by atoms with Crippen molar-refractivity contribution < 1.29 is 14.9 Å². The van der Waals surface area contributed by atoms with Crippen molar-refractivity contribution in [3.8, 4) is 5.75 Å². The molecule has 0 bridgehead atoms. The molecule has 0 saturated heterocycles. The monoisotopic (exact) mass is 403 g/mol. The van der Waals surface area contributed by atoms with E-state index < -0.39 is 17.4 Å². The number of fused-ring (bicyclic) bond motifs is 1. The fourth-order valence-electron chi connectivity index (χ4n) is 3.02. The van der Waals surface area contributed by atoms with Crippen LogP contribution >= 0.6 is 0 Å². The quantitative estimate of drug-likeness (QED) is 0.467. The van der Waals surface area contributed by atoms with Gasteiger partial charge in [0.2, 0.25) is 5.95 Å². The summed E-state index contributed by atoms with van der Waals surface area (Å²) < 4.78 is 9.39. The van der Waals surface area contributed by atoms with Gasteiger partial charge in [0.15, 0.2) is 11.2 Å². The fourth-order valence-corrected chi connectivity index (χ4v) is 3.02. The van der Waals surface area contributed by atoms with E-state index in [9.17, 15) is 14.7 Å². The number of anilines is 1. The van der Waals surface area contributed by atoms with Crippen LogP contribution in [0.5, 0.6) is 5.75 Å². The third-order valence-corrected chi connectivity index (χ3v) is 4.60. The third-order valence-electron chi connectivity index (χ3n) is 4.60. The smallest absolute Gasteiger partial charge is 0.332 e. The van der Waals surface area contributed by atoms with Gasteiger partial charge in [-0.15, -0.1) is 0 Å². The molecule has 2 aromatic heterocycles. The Kier molecular flexibility index (Phi) is 6.04. The van der Waals surface area contributed by atoms with E-state index in [1.165, 1.54) is 23.2 Å². The number of aliphatic hydroxyl groups is 2. The zero-order chi connectivity index (χ0) is 21.1. The van der Waals surface area contributed by atoms with Crippen molar-refractivity contribution in [3.05, 3.63) is 50.7 Å². The second-order valence-electron chi connectivity index (χ2n) is 6.85. The Morgan fingerprint density at radius 2 is 1.86 bits per heavy atom. The lowest BCUT2D eigenvalue weighted by Gasteiger charge is -2.16. The van der Waals surface area contributed by atoms with Crippen molar-refractivity contribution in [1.82, 2.24) is 18.7 Å². The van der Waals surface area contributed by atoms with Crippen LogP contribution in [0.4, 0.5) is 5.95 Å². The largest absolute Gasteiger partial charge is 0.491 e. The number of aromatic nitrogens is 4. The highest BCUT2D eigenvalue weighted by atomic mass is 16.5. The lowest BCUT2D eigenvalue weighted by atomic mass is 10.2. The molecule has 3 aromatic rings. The molecule has 156 valence electrons. The number of aryl methyl sites for hydroxylation is 2. The van der Waals surface area contributed by atoms with E-state index in [1.807, 2.05) is 31.2 Å². The molecule has 1 atom stereocenters. The number of rotatable bonds is 8. The Morgan fingerprint density at radius 1 is 1.17 bits per heavy atom. The predicted octanol–water partition coefficient (Wildman–Crippen LogP) is -0.414. The molecule has 2 heterocycles. The maximum absolute atomic E-state index is 12.7. The Balaban J connectivity index is 1.92. The van der Waals surface area contributed by atoms with Crippen LogP contribution in [-0.2, 0) is 20.6 Å². The number of hydrogen-bond acceptors (Lipinski definition) is 7. The van der Waals surface area contributed by atoms with Gasteiger partial charge in [-0.3, -0.25) is 13.9 Å². The van der Waals surface area contributed by atoms with Gasteiger partial charge in [-0.05, 0) is 19.1 Å². The summed E-state index contributed by atoms with van der Waals surface area (Å²) in [4.78, 5) is 29.2. The first-order valence-electron chi connectivity index (χ1n) is 9.22. The summed E-state index contributed by atoms with van der Waals surface area (Å²) in [5.41, 5.74) is 0.474. The van der Waals surface area contributed by atoms with Gasteiger partial charge in [-0.2, -0.15) is 4.98 Å². The maximum atomic E-state index is 12.7. The molecule has 0 fully saturated rings. The second kappa shape index (κ2) is 8.50. The van der Waals surface area contributed by atoms with Crippen molar-refractivity contribution in [2.24, 2.45) is 14.1 Å². The summed E-state index contributed by atoms with van der Waals surface area (Å²) in [7, 11) is 2.91. The van der Waals surface area contributed by atoms with Crippen LogP contribution in [0.3, 0.4) is 0 Å². The van der Waals surface area contributed by atoms with Gasteiger partial charge in [0.05, 0.1) is 13.2 Å². The van der Waals surface area contributed by atoms with Crippen molar-refractivity contribution >= 4 is 17.1 Å². The van der Waals surface area contributed by atoms with Gasteiger partial charge in [0, 0.05) is 20.6 Å². The minimum Gasteiger partial charge on any atom is -0.491 e. The average molecular weight is 403 g/mol. The molecule has 0 radical (unpaired) electrons. The van der Waals surface area contributed by atoms with E-state index >= 15 is 0 Å². The molecule has 0 aliphatic rings. The standard InChI is InChI=1S/C19H25N5O5/c1-12-4-6-14(7-5-12)29-11-13(26)10-24-15-16(21-18(24)20-8-9-25)22(2)19(28)23(3)17(15)27/h4-7,13,25-26H,8-11H2,1-3H3,(H,20,21)/t13-/m0/s1. The predicted molar refractivity (Wildman–Crippen MR) is 108 cm³/mol. The molecular formula is C19H25N5O5. The first-order valence-corrected chi connectivity index (χ1v) is 9.22. The molecule has 0 saturated carbocycles. The summed E-state index contributed by atoms with van der Waals surface area (Å²) in [6.45, 7) is 2.06. The van der Waals surface area contributed by atoms with Crippen LogP contribution in [0.25, 0.3) is 11.2 Å². The maximum Gasteiger partial charge on any atom is 0.332 e. The highest BCUT2D eigenvalue weighted by Crippen LogP contribution is 2.17. The summed E-state index contributed by atoms with van der Waals surface area (Å²) in [5.74, 6) is 0.906. The number of ether oxygens (including phenoxy) is 1.